The van der Waals surface area contributed by atoms with E-state index in [9.17, 15) is 9.59 Å². The van der Waals surface area contributed by atoms with Crippen LogP contribution in [0.15, 0.2) is 24.5 Å². The average Bonchev–Trinajstić information content (AvgIpc) is 2.30. The Morgan fingerprint density at radius 2 is 2.29 bits per heavy atom. The molecule has 1 rings (SSSR count). The summed E-state index contributed by atoms with van der Waals surface area (Å²) in [5.74, 6) is -0.509. The highest BCUT2D eigenvalue weighted by molar-refractivity contribution is 6.31. The van der Waals surface area contributed by atoms with Crippen molar-refractivity contribution in [1.82, 2.24) is 15.6 Å². The van der Waals surface area contributed by atoms with Crippen molar-refractivity contribution in [3.8, 4) is 0 Å². The van der Waals surface area contributed by atoms with E-state index in [2.05, 4.69) is 15.6 Å². The van der Waals surface area contributed by atoms with Crippen LogP contribution in [0.2, 0.25) is 0 Å². The topological polar surface area (TPSA) is 71.1 Å². The van der Waals surface area contributed by atoms with Crippen molar-refractivity contribution < 1.29 is 9.59 Å². The molecule has 92 valence electrons. The van der Waals surface area contributed by atoms with Gasteiger partial charge in [-0.05, 0) is 25.0 Å². The molecule has 17 heavy (non-hydrogen) atoms. The number of aromatic nitrogens is 1. The Morgan fingerprint density at radius 3 is 2.88 bits per heavy atom. The standard InChI is InChI=1S/C11H14ClN3O2/c1-8(12)10(16)15-11(17)14-6-4-9-3-2-5-13-7-9/h2-3,5,7-8H,4,6H2,1H3,(H2,14,15,16,17). The van der Waals surface area contributed by atoms with E-state index in [0.29, 0.717) is 13.0 Å². The first-order valence-corrected chi connectivity index (χ1v) is 5.65. The van der Waals surface area contributed by atoms with Crippen LogP contribution in [-0.2, 0) is 11.2 Å². The van der Waals surface area contributed by atoms with E-state index in [4.69, 9.17) is 11.6 Å². The Balaban J connectivity index is 2.23. The first kappa shape index (κ1) is 13.4. The van der Waals surface area contributed by atoms with Crippen molar-refractivity contribution in [3.05, 3.63) is 30.1 Å². The fraction of sp³-hybridized carbons (Fsp3) is 0.364. The van der Waals surface area contributed by atoms with Crippen LogP contribution in [0.25, 0.3) is 0 Å². The summed E-state index contributed by atoms with van der Waals surface area (Å²) in [6.45, 7) is 1.93. The van der Waals surface area contributed by atoms with E-state index in [1.165, 1.54) is 6.92 Å². The number of imide groups is 1. The fourth-order valence-electron chi connectivity index (χ4n) is 1.12. The van der Waals surface area contributed by atoms with Gasteiger partial charge in [0, 0.05) is 18.9 Å². The van der Waals surface area contributed by atoms with Gasteiger partial charge in [0.1, 0.15) is 5.38 Å². The number of carbonyl (C=O) groups is 2. The summed E-state index contributed by atoms with van der Waals surface area (Å²) >= 11 is 5.50. The van der Waals surface area contributed by atoms with E-state index in [1.54, 1.807) is 12.4 Å². The lowest BCUT2D eigenvalue weighted by Crippen LogP contribution is -2.42. The maximum atomic E-state index is 11.2. The molecule has 0 fully saturated rings. The number of nitrogens with zero attached hydrogens (tertiary/aromatic N) is 1. The minimum atomic E-state index is -0.723. The fourth-order valence-corrected chi connectivity index (χ4v) is 1.18. The number of nitrogens with one attached hydrogen (secondary N) is 2. The van der Waals surface area contributed by atoms with Crippen molar-refractivity contribution in [2.45, 2.75) is 18.7 Å². The first-order chi connectivity index (χ1) is 8.09. The van der Waals surface area contributed by atoms with Gasteiger partial charge in [-0.15, -0.1) is 11.6 Å². The Bertz CT molecular complexity index is 382. The summed E-state index contributed by atoms with van der Waals surface area (Å²) in [7, 11) is 0. The summed E-state index contributed by atoms with van der Waals surface area (Å²) in [6.07, 6.45) is 4.07. The van der Waals surface area contributed by atoms with Crippen LogP contribution in [0.3, 0.4) is 0 Å². The minimum absolute atomic E-state index is 0.432. The molecule has 1 aromatic rings. The number of rotatable bonds is 4. The van der Waals surface area contributed by atoms with Crippen molar-refractivity contribution >= 4 is 23.5 Å². The number of carbonyl (C=O) groups excluding carboxylic acids is 2. The Kier molecular flexibility index (Phi) is 5.42. The van der Waals surface area contributed by atoms with Gasteiger partial charge < -0.3 is 5.32 Å². The van der Waals surface area contributed by atoms with E-state index in [1.807, 2.05) is 12.1 Å². The average molecular weight is 256 g/mol. The Hall–Kier alpha value is -1.62. The van der Waals surface area contributed by atoms with Gasteiger partial charge in [-0.2, -0.15) is 0 Å². The largest absolute Gasteiger partial charge is 0.337 e. The predicted octanol–water partition coefficient (Wildman–Crippen LogP) is 1.08. The molecule has 3 amide bonds. The summed E-state index contributed by atoms with van der Waals surface area (Å²) < 4.78 is 0. The molecule has 1 atom stereocenters. The molecule has 0 radical (unpaired) electrons. The second-order valence-electron chi connectivity index (χ2n) is 3.47. The molecular formula is C11H14ClN3O2. The number of halogens is 1. The van der Waals surface area contributed by atoms with E-state index >= 15 is 0 Å². The lowest BCUT2D eigenvalue weighted by Gasteiger charge is -2.07. The quantitative estimate of drug-likeness (QED) is 0.791. The van der Waals surface area contributed by atoms with Gasteiger partial charge in [-0.3, -0.25) is 15.1 Å². The van der Waals surface area contributed by atoms with E-state index in [0.717, 1.165) is 5.56 Å². The molecule has 5 nitrogen and oxygen atoms in total. The molecule has 0 saturated carbocycles. The van der Waals surface area contributed by atoms with Crippen LogP contribution >= 0.6 is 11.6 Å². The molecule has 1 heterocycles. The molecule has 1 aromatic heterocycles. The van der Waals surface area contributed by atoms with Crippen molar-refractivity contribution in [1.29, 1.82) is 0 Å². The molecular weight excluding hydrogens is 242 g/mol. The first-order valence-electron chi connectivity index (χ1n) is 5.21. The molecule has 0 aliphatic heterocycles. The molecule has 0 spiro atoms. The van der Waals surface area contributed by atoms with Gasteiger partial charge in [0.05, 0.1) is 0 Å². The van der Waals surface area contributed by atoms with Crippen molar-refractivity contribution in [3.63, 3.8) is 0 Å². The monoisotopic (exact) mass is 255 g/mol. The highest BCUT2D eigenvalue weighted by Gasteiger charge is 2.11. The second-order valence-corrected chi connectivity index (χ2v) is 4.13. The Labute approximate surface area is 105 Å². The van der Waals surface area contributed by atoms with Crippen LogP contribution in [0.1, 0.15) is 12.5 Å². The van der Waals surface area contributed by atoms with Crippen LogP contribution in [-0.4, -0.2) is 28.8 Å². The summed E-state index contributed by atoms with van der Waals surface area (Å²) in [5.41, 5.74) is 1.02. The maximum Gasteiger partial charge on any atom is 0.321 e. The maximum absolute atomic E-state index is 11.2. The van der Waals surface area contributed by atoms with Crippen LogP contribution in [0.4, 0.5) is 4.79 Å². The molecule has 2 N–H and O–H groups in total. The molecule has 0 aliphatic carbocycles. The van der Waals surface area contributed by atoms with Crippen molar-refractivity contribution in [2.24, 2.45) is 0 Å². The van der Waals surface area contributed by atoms with Crippen LogP contribution < -0.4 is 10.6 Å². The second kappa shape index (κ2) is 6.85. The van der Waals surface area contributed by atoms with Gasteiger partial charge in [0.25, 0.3) is 0 Å². The molecule has 1 unspecified atom stereocenters. The van der Waals surface area contributed by atoms with Crippen LogP contribution in [0, 0.1) is 0 Å². The molecule has 0 aromatic carbocycles. The third kappa shape index (κ3) is 5.31. The predicted molar refractivity (Wildman–Crippen MR) is 64.8 cm³/mol. The molecule has 0 saturated heterocycles. The lowest BCUT2D eigenvalue weighted by atomic mass is 10.2. The van der Waals surface area contributed by atoms with Gasteiger partial charge >= 0.3 is 6.03 Å². The van der Waals surface area contributed by atoms with Gasteiger partial charge in [0.2, 0.25) is 5.91 Å². The number of hydrogen-bond acceptors (Lipinski definition) is 3. The zero-order chi connectivity index (χ0) is 12.7. The minimum Gasteiger partial charge on any atom is -0.337 e. The number of alkyl halides is 1. The Morgan fingerprint density at radius 1 is 1.53 bits per heavy atom. The third-order valence-electron chi connectivity index (χ3n) is 2.02. The smallest absolute Gasteiger partial charge is 0.321 e. The van der Waals surface area contributed by atoms with Gasteiger partial charge in [0.15, 0.2) is 0 Å². The number of pyridine rings is 1. The normalized spacial score (nSPS) is 11.6. The number of amides is 3. The van der Waals surface area contributed by atoms with E-state index < -0.39 is 17.3 Å². The zero-order valence-electron chi connectivity index (χ0n) is 9.44. The van der Waals surface area contributed by atoms with Gasteiger partial charge in [-0.25, -0.2) is 4.79 Å². The summed E-state index contributed by atoms with van der Waals surface area (Å²) in [6, 6.07) is 3.21. The molecule has 6 heteroatoms. The summed E-state index contributed by atoms with van der Waals surface area (Å²) in [4.78, 5) is 26.3. The zero-order valence-corrected chi connectivity index (χ0v) is 10.2. The summed E-state index contributed by atoms with van der Waals surface area (Å²) in [5, 5.41) is 3.97. The highest BCUT2D eigenvalue weighted by atomic mass is 35.5. The number of hydrogen-bond donors (Lipinski definition) is 2. The van der Waals surface area contributed by atoms with Crippen molar-refractivity contribution in [2.75, 3.05) is 6.54 Å². The third-order valence-corrected chi connectivity index (χ3v) is 2.22. The molecule has 0 aliphatic rings. The van der Waals surface area contributed by atoms with Crippen LogP contribution in [0.5, 0.6) is 0 Å². The highest BCUT2D eigenvalue weighted by Crippen LogP contribution is 1.95. The van der Waals surface area contributed by atoms with E-state index in [-0.39, 0.29) is 0 Å². The lowest BCUT2D eigenvalue weighted by molar-refractivity contribution is -0.119. The SMILES string of the molecule is CC(Cl)C(=O)NC(=O)NCCc1cccnc1. The van der Waals surface area contributed by atoms with Gasteiger partial charge in [-0.1, -0.05) is 6.07 Å². The number of urea groups is 1. The molecule has 0 bridgehead atoms.